The predicted octanol–water partition coefficient (Wildman–Crippen LogP) is 2.46. The summed E-state index contributed by atoms with van der Waals surface area (Å²) in [6, 6.07) is 4.12. The predicted molar refractivity (Wildman–Crippen MR) is 58.9 cm³/mol. The maximum atomic E-state index is 11.5. The molecule has 0 aromatic carbocycles. The van der Waals surface area contributed by atoms with Gasteiger partial charge in [0.05, 0.1) is 0 Å². The van der Waals surface area contributed by atoms with Crippen LogP contribution in [0.3, 0.4) is 0 Å². The number of thiophene rings is 1. The molecule has 1 rings (SSSR count). The van der Waals surface area contributed by atoms with Crippen molar-refractivity contribution in [3.63, 3.8) is 0 Å². The molecular formula is C11H16O2S. The van der Waals surface area contributed by atoms with Crippen LogP contribution in [0.1, 0.15) is 23.6 Å². The minimum atomic E-state index is -0.290. The summed E-state index contributed by atoms with van der Waals surface area (Å²) >= 11 is 1.71. The van der Waals surface area contributed by atoms with Gasteiger partial charge in [-0.15, -0.1) is 11.3 Å². The van der Waals surface area contributed by atoms with Gasteiger partial charge >= 0.3 is 0 Å². The molecule has 14 heavy (non-hydrogen) atoms. The summed E-state index contributed by atoms with van der Waals surface area (Å²) in [5.74, 6) is 0.150. The van der Waals surface area contributed by atoms with Crippen LogP contribution < -0.4 is 0 Å². The van der Waals surface area contributed by atoms with E-state index in [0.717, 1.165) is 11.3 Å². The number of carbonyl (C=O) groups is 1. The van der Waals surface area contributed by atoms with Crippen molar-refractivity contribution in [1.82, 2.24) is 0 Å². The number of Topliss-reactive ketones (excluding diaryl/α,β-unsaturated/α-hetero) is 1. The highest BCUT2D eigenvalue weighted by Crippen LogP contribution is 2.18. The molecule has 0 saturated carbocycles. The van der Waals surface area contributed by atoms with Crippen LogP contribution in [0.4, 0.5) is 0 Å². The fourth-order valence-electron chi connectivity index (χ4n) is 1.15. The molecule has 0 fully saturated rings. The van der Waals surface area contributed by atoms with Gasteiger partial charge in [-0.1, -0.05) is 6.92 Å². The van der Waals surface area contributed by atoms with Gasteiger partial charge in [0, 0.05) is 23.3 Å². The molecule has 0 amide bonds. The molecule has 0 spiro atoms. The first-order valence-corrected chi connectivity index (χ1v) is 5.62. The maximum Gasteiger partial charge on any atom is 0.166 e. The average molecular weight is 212 g/mol. The van der Waals surface area contributed by atoms with Crippen molar-refractivity contribution >= 4 is 17.1 Å². The number of rotatable bonds is 5. The second kappa shape index (κ2) is 5.27. The van der Waals surface area contributed by atoms with Gasteiger partial charge in [-0.2, -0.15) is 0 Å². The van der Waals surface area contributed by atoms with Gasteiger partial charge in [0.2, 0.25) is 0 Å². The summed E-state index contributed by atoms with van der Waals surface area (Å²) in [4.78, 5) is 14.0. The van der Waals surface area contributed by atoms with E-state index in [2.05, 4.69) is 13.0 Å². The molecule has 1 aromatic rings. The van der Waals surface area contributed by atoms with Gasteiger partial charge in [0.15, 0.2) is 5.78 Å². The molecule has 1 unspecified atom stereocenters. The first-order valence-electron chi connectivity index (χ1n) is 4.80. The molecule has 0 bridgehead atoms. The van der Waals surface area contributed by atoms with Gasteiger partial charge in [-0.25, -0.2) is 0 Å². The zero-order valence-electron chi connectivity index (χ0n) is 8.87. The number of carbonyl (C=O) groups excluding carboxylic acids is 1. The molecule has 0 radical (unpaired) electrons. The van der Waals surface area contributed by atoms with Crippen molar-refractivity contribution in [2.45, 2.75) is 32.8 Å². The number of methoxy groups -OCH3 is 1. The Kier molecular flexibility index (Phi) is 4.29. The summed E-state index contributed by atoms with van der Waals surface area (Å²) < 4.78 is 4.97. The normalized spacial score (nSPS) is 12.8. The van der Waals surface area contributed by atoms with Crippen LogP contribution in [0.15, 0.2) is 12.1 Å². The van der Waals surface area contributed by atoms with E-state index in [4.69, 9.17) is 4.74 Å². The molecule has 78 valence electrons. The van der Waals surface area contributed by atoms with Crippen LogP contribution in [0.2, 0.25) is 0 Å². The molecule has 0 aliphatic carbocycles. The third kappa shape index (κ3) is 2.93. The molecule has 1 heterocycles. The van der Waals surface area contributed by atoms with Crippen LogP contribution in [0.5, 0.6) is 0 Å². The van der Waals surface area contributed by atoms with E-state index in [-0.39, 0.29) is 11.9 Å². The van der Waals surface area contributed by atoms with Gasteiger partial charge in [-0.3, -0.25) is 4.79 Å². The lowest BCUT2D eigenvalue weighted by atomic mass is 10.2. The Morgan fingerprint density at radius 1 is 1.50 bits per heavy atom. The second-order valence-corrected chi connectivity index (χ2v) is 4.50. The van der Waals surface area contributed by atoms with Crippen molar-refractivity contribution in [1.29, 1.82) is 0 Å². The van der Waals surface area contributed by atoms with Crippen LogP contribution in [0, 0.1) is 0 Å². The summed E-state index contributed by atoms with van der Waals surface area (Å²) in [6.07, 6.45) is 1.25. The molecule has 3 heteroatoms. The highest BCUT2D eigenvalue weighted by Gasteiger charge is 2.13. The first-order chi connectivity index (χ1) is 6.67. The van der Waals surface area contributed by atoms with E-state index in [0.29, 0.717) is 6.42 Å². The van der Waals surface area contributed by atoms with E-state index in [1.165, 1.54) is 4.88 Å². The van der Waals surface area contributed by atoms with Crippen molar-refractivity contribution in [2.75, 3.05) is 7.11 Å². The number of hydrogen-bond donors (Lipinski definition) is 0. The van der Waals surface area contributed by atoms with E-state index in [1.54, 1.807) is 25.4 Å². The Bertz CT molecular complexity index is 304. The van der Waals surface area contributed by atoms with Gasteiger partial charge in [0.25, 0.3) is 0 Å². The first kappa shape index (κ1) is 11.4. The Balaban J connectivity index is 2.56. The van der Waals surface area contributed by atoms with Crippen LogP contribution in [-0.4, -0.2) is 19.0 Å². The van der Waals surface area contributed by atoms with Crippen LogP contribution in [-0.2, 0) is 22.4 Å². The molecule has 0 N–H and O–H groups in total. The van der Waals surface area contributed by atoms with E-state index in [1.807, 2.05) is 6.07 Å². The largest absolute Gasteiger partial charge is 0.374 e. The summed E-state index contributed by atoms with van der Waals surface area (Å²) in [6.45, 7) is 3.91. The monoisotopic (exact) mass is 212 g/mol. The van der Waals surface area contributed by atoms with Crippen molar-refractivity contribution in [2.24, 2.45) is 0 Å². The second-order valence-electron chi connectivity index (χ2n) is 3.24. The quantitative estimate of drug-likeness (QED) is 0.749. The zero-order chi connectivity index (χ0) is 10.6. The lowest BCUT2D eigenvalue weighted by Crippen LogP contribution is -2.20. The Hall–Kier alpha value is -0.670. The molecular weight excluding hydrogens is 196 g/mol. The van der Waals surface area contributed by atoms with Crippen LogP contribution >= 0.6 is 11.3 Å². The molecule has 0 aliphatic rings. The lowest BCUT2D eigenvalue weighted by Gasteiger charge is -2.06. The zero-order valence-corrected chi connectivity index (χ0v) is 9.69. The van der Waals surface area contributed by atoms with Crippen LogP contribution in [0.25, 0.3) is 0 Å². The smallest absolute Gasteiger partial charge is 0.166 e. The third-order valence-corrected chi connectivity index (χ3v) is 3.45. The lowest BCUT2D eigenvalue weighted by molar-refractivity contribution is -0.127. The Labute approximate surface area is 88.9 Å². The average Bonchev–Trinajstić information content (AvgIpc) is 2.64. The van der Waals surface area contributed by atoms with Crippen molar-refractivity contribution in [3.8, 4) is 0 Å². The summed E-state index contributed by atoms with van der Waals surface area (Å²) in [7, 11) is 1.56. The van der Waals surface area contributed by atoms with Gasteiger partial charge in [-0.05, 0) is 25.5 Å². The maximum absolute atomic E-state index is 11.5. The van der Waals surface area contributed by atoms with Crippen molar-refractivity contribution in [3.05, 3.63) is 21.9 Å². The SMILES string of the molecule is CCc1ccc(CC(=O)C(C)OC)s1. The fourth-order valence-corrected chi connectivity index (χ4v) is 2.12. The van der Waals surface area contributed by atoms with E-state index >= 15 is 0 Å². The standard InChI is InChI=1S/C11H16O2S/c1-4-9-5-6-10(14-9)7-11(12)8(2)13-3/h5-6,8H,4,7H2,1-3H3. The van der Waals surface area contributed by atoms with Gasteiger partial charge in [0.1, 0.15) is 6.10 Å². The molecule has 0 aliphatic heterocycles. The number of ketones is 1. The number of hydrogen-bond acceptors (Lipinski definition) is 3. The molecule has 1 atom stereocenters. The highest BCUT2D eigenvalue weighted by molar-refractivity contribution is 7.12. The van der Waals surface area contributed by atoms with Crippen molar-refractivity contribution < 1.29 is 9.53 Å². The third-order valence-electron chi connectivity index (χ3n) is 2.22. The molecule has 1 aromatic heterocycles. The van der Waals surface area contributed by atoms with E-state index in [9.17, 15) is 4.79 Å². The fraction of sp³-hybridized carbons (Fsp3) is 0.545. The minimum absolute atomic E-state index is 0.150. The summed E-state index contributed by atoms with van der Waals surface area (Å²) in [5.41, 5.74) is 0. The topological polar surface area (TPSA) is 26.3 Å². The van der Waals surface area contributed by atoms with E-state index < -0.39 is 0 Å². The Morgan fingerprint density at radius 2 is 2.14 bits per heavy atom. The minimum Gasteiger partial charge on any atom is -0.374 e. The number of aryl methyl sites for hydroxylation is 1. The summed E-state index contributed by atoms with van der Waals surface area (Å²) in [5, 5.41) is 0. The van der Waals surface area contributed by atoms with Gasteiger partial charge < -0.3 is 4.74 Å². The Morgan fingerprint density at radius 3 is 2.64 bits per heavy atom. The highest BCUT2D eigenvalue weighted by atomic mass is 32.1. The number of ether oxygens (including phenoxy) is 1. The molecule has 2 nitrogen and oxygen atoms in total. The molecule has 0 saturated heterocycles.